The van der Waals surface area contributed by atoms with Crippen LogP contribution in [0.15, 0.2) is 4.99 Å². The van der Waals surface area contributed by atoms with Crippen molar-refractivity contribution >= 4 is 29.9 Å². The van der Waals surface area contributed by atoms with Crippen LogP contribution in [-0.2, 0) is 4.74 Å². The van der Waals surface area contributed by atoms with Crippen molar-refractivity contribution in [3.05, 3.63) is 0 Å². The van der Waals surface area contributed by atoms with E-state index in [2.05, 4.69) is 34.5 Å². The van der Waals surface area contributed by atoms with E-state index < -0.39 is 0 Å². The van der Waals surface area contributed by atoms with Gasteiger partial charge in [-0.25, -0.2) is 0 Å². The number of aliphatic imine (C=N–C) groups is 1. The summed E-state index contributed by atoms with van der Waals surface area (Å²) < 4.78 is 5.34. The van der Waals surface area contributed by atoms with Gasteiger partial charge in [0.15, 0.2) is 5.96 Å². The van der Waals surface area contributed by atoms with Crippen molar-refractivity contribution in [2.45, 2.75) is 58.4 Å². The fourth-order valence-corrected chi connectivity index (χ4v) is 2.90. The summed E-state index contributed by atoms with van der Waals surface area (Å²) in [5.41, 5.74) is 0. The fraction of sp³-hybridized carbons (Fsp3) is 0.941. The Hall–Kier alpha value is -0.0800. The van der Waals surface area contributed by atoms with Crippen LogP contribution in [0.2, 0.25) is 0 Å². The van der Waals surface area contributed by atoms with Gasteiger partial charge in [0, 0.05) is 45.4 Å². The summed E-state index contributed by atoms with van der Waals surface area (Å²) in [7, 11) is 2.25. The van der Waals surface area contributed by atoms with Crippen molar-refractivity contribution in [3.8, 4) is 0 Å². The SMILES string of the molecule is CCNC(=NCCCOCC)NCCN(C)C1CCCCC1.I. The van der Waals surface area contributed by atoms with Gasteiger partial charge in [-0.2, -0.15) is 0 Å². The first-order valence-corrected chi connectivity index (χ1v) is 9.08. The Balaban J connectivity index is 0.00000484. The molecule has 1 aliphatic rings. The van der Waals surface area contributed by atoms with E-state index in [4.69, 9.17) is 4.74 Å². The highest BCUT2D eigenvalue weighted by Crippen LogP contribution is 2.21. The van der Waals surface area contributed by atoms with Gasteiger partial charge in [0.25, 0.3) is 0 Å². The smallest absolute Gasteiger partial charge is 0.191 e. The molecule has 0 atom stereocenters. The average Bonchev–Trinajstić information content (AvgIpc) is 2.55. The van der Waals surface area contributed by atoms with E-state index in [0.717, 1.165) is 57.8 Å². The zero-order chi connectivity index (χ0) is 16.0. The molecule has 2 N–H and O–H groups in total. The van der Waals surface area contributed by atoms with Crippen molar-refractivity contribution in [3.63, 3.8) is 0 Å². The third kappa shape index (κ3) is 11.2. The molecule has 1 fully saturated rings. The predicted molar refractivity (Wildman–Crippen MR) is 110 cm³/mol. The molecule has 1 saturated carbocycles. The second-order valence-electron chi connectivity index (χ2n) is 6.01. The minimum absolute atomic E-state index is 0. The molecule has 0 heterocycles. The number of likely N-dealkylation sites (N-methyl/N-ethyl adjacent to an activating group) is 1. The number of rotatable bonds is 10. The molecule has 0 bridgehead atoms. The van der Waals surface area contributed by atoms with E-state index in [9.17, 15) is 0 Å². The van der Waals surface area contributed by atoms with Crippen LogP contribution in [0.3, 0.4) is 0 Å². The van der Waals surface area contributed by atoms with Crippen LogP contribution in [0.5, 0.6) is 0 Å². The zero-order valence-electron chi connectivity index (χ0n) is 15.3. The van der Waals surface area contributed by atoms with Crippen LogP contribution >= 0.6 is 24.0 Å². The first-order valence-electron chi connectivity index (χ1n) is 9.08. The summed E-state index contributed by atoms with van der Waals surface area (Å²) in [5.74, 6) is 0.927. The van der Waals surface area contributed by atoms with E-state index in [1.165, 1.54) is 32.1 Å². The van der Waals surface area contributed by atoms with Gasteiger partial charge in [0.2, 0.25) is 0 Å². The van der Waals surface area contributed by atoms with E-state index in [-0.39, 0.29) is 24.0 Å². The lowest BCUT2D eigenvalue weighted by atomic mass is 9.94. The number of ether oxygens (including phenoxy) is 1. The number of halogens is 1. The van der Waals surface area contributed by atoms with Gasteiger partial charge in [0.05, 0.1) is 0 Å². The van der Waals surface area contributed by atoms with Crippen LogP contribution in [-0.4, -0.2) is 63.3 Å². The van der Waals surface area contributed by atoms with Crippen molar-refractivity contribution in [1.82, 2.24) is 15.5 Å². The topological polar surface area (TPSA) is 48.9 Å². The van der Waals surface area contributed by atoms with Crippen LogP contribution < -0.4 is 10.6 Å². The van der Waals surface area contributed by atoms with E-state index in [0.29, 0.717) is 0 Å². The molecule has 138 valence electrons. The molecule has 0 aromatic carbocycles. The molecule has 1 aliphatic carbocycles. The Bertz CT molecular complexity index is 296. The van der Waals surface area contributed by atoms with Crippen LogP contribution in [0.1, 0.15) is 52.4 Å². The Labute approximate surface area is 160 Å². The minimum Gasteiger partial charge on any atom is -0.382 e. The van der Waals surface area contributed by atoms with E-state index in [1.807, 2.05) is 6.92 Å². The summed E-state index contributed by atoms with van der Waals surface area (Å²) >= 11 is 0. The lowest BCUT2D eigenvalue weighted by molar-refractivity contribution is 0.146. The first kappa shape index (κ1) is 22.9. The van der Waals surface area contributed by atoms with E-state index in [1.54, 1.807) is 0 Å². The van der Waals surface area contributed by atoms with Gasteiger partial charge in [-0.05, 0) is 40.2 Å². The zero-order valence-corrected chi connectivity index (χ0v) is 17.6. The summed E-state index contributed by atoms with van der Waals surface area (Å²) in [5, 5.41) is 6.74. The van der Waals surface area contributed by atoms with Crippen LogP contribution in [0.25, 0.3) is 0 Å². The molecule has 0 saturated heterocycles. The molecular weight excluding hydrogens is 403 g/mol. The molecule has 0 aromatic rings. The molecule has 0 unspecified atom stereocenters. The molecule has 0 aromatic heterocycles. The van der Waals surface area contributed by atoms with Gasteiger partial charge in [0.1, 0.15) is 0 Å². The first-order chi connectivity index (χ1) is 10.8. The Morgan fingerprint density at radius 3 is 2.57 bits per heavy atom. The molecule has 0 aliphatic heterocycles. The number of nitrogens with zero attached hydrogens (tertiary/aromatic N) is 2. The maximum Gasteiger partial charge on any atom is 0.191 e. The van der Waals surface area contributed by atoms with Crippen LogP contribution in [0.4, 0.5) is 0 Å². The lowest BCUT2D eigenvalue weighted by Gasteiger charge is -2.31. The summed E-state index contributed by atoms with van der Waals surface area (Å²) in [6.07, 6.45) is 7.91. The van der Waals surface area contributed by atoms with Gasteiger partial charge in [-0.3, -0.25) is 4.99 Å². The standard InChI is InChI=1S/C17H36N4O.HI/c1-4-18-17(19-12-9-15-22-5-2)20-13-14-21(3)16-10-7-6-8-11-16;/h16H,4-15H2,1-3H3,(H2,18,19,20);1H. The Kier molecular flexibility index (Phi) is 15.4. The summed E-state index contributed by atoms with van der Waals surface area (Å²) in [4.78, 5) is 7.10. The lowest BCUT2D eigenvalue weighted by Crippen LogP contribution is -2.43. The normalized spacial score (nSPS) is 16.3. The van der Waals surface area contributed by atoms with Crippen molar-refractivity contribution in [2.24, 2.45) is 4.99 Å². The third-order valence-electron chi connectivity index (χ3n) is 4.22. The summed E-state index contributed by atoms with van der Waals surface area (Å²) in [6, 6.07) is 0.779. The monoisotopic (exact) mass is 440 g/mol. The largest absolute Gasteiger partial charge is 0.382 e. The molecular formula is C17H37IN4O. The Morgan fingerprint density at radius 2 is 1.91 bits per heavy atom. The molecule has 23 heavy (non-hydrogen) atoms. The maximum absolute atomic E-state index is 5.34. The van der Waals surface area contributed by atoms with E-state index >= 15 is 0 Å². The highest BCUT2D eigenvalue weighted by Gasteiger charge is 2.17. The molecule has 0 radical (unpaired) electrons. The third-order valence-corrected chi connectivity index (χ3v) is 4.22. The van der Waals surface area contributed by atoms with Gasteiger partial charge in [-0.15, -0.1) is 24.0 Å². The second-order valence-corrected chi connectivity index (χ2v) is 6.01. The van der Waals surface area contributed by atoms with Crippen molar-refractivity contribution < 1.29 is 4.74 Å². The van der Waals surface area contributed by atoms with Gasteiger partial charge < -0.3 is 20.3 Å². The number of nitrogens with one attached hydrogen (secondary N) is 2. The number of hydrogen-bond donors (Lipinski definition) is 2. The van der Waals surface area contributed by atoms with Gasteiger partial charge >= 0.3 is 0 Å². The maximum atomic E-state index is 5.34. The molecule has 6 heteroatoms. The number of hydrogen-bond acceptors (Lipinski definition) is 3. The Morgan fingerprint density at radius 1 is 1.17 bits per heavy atom. The molecule has 0 spiro atoms. The van der Waals surface area contributed by atoms with Crippen LogP contribution in [0, 0.1) is 0 Å². The second kappa shape index (κ2) is 15.4. The molecule has 5 nitrogen and oxygen atoms in total. The molecule has 0 amide bonds. The van der Waals surface area contributed by atoms with Crippen molar-refractivity contribution in [1.29, 1.82) is 0 Å². The minimum atomic E-state index is 0. The highest BCUT2D eigenvalue weighted by atomic mass is 127. The predicted octanol–water partition coefficient (Wildman–Crippen LogP) is 2.85. The van der Waals surface area contributed by atoms with Gasteiger partial charge in [-0.1, -0.05) is 19.3 Å². The van der Waals surface area contributed by atoms with Crippen molar-refractivity contribution in [2.75, 3.05) is 46.4 Å². The fourth-order valence-electron chi connectivity index (χ4n) is 2.90. The quantitative estimate of drug-likeness (QED) is 0.238. The molecule has 1 rings (SSSR count). The number of guanidine groups is 1. The summed E-state index contributed by atoms with van der Waals surface area (Å²) in [6.45, 7) is 9.45. The average molecular weight is 440 g/mol. The highest BCUT2D eigenvalue weighted by molar-refractivity contribution is 14.0.